The number of carbonyl (C=O) groups is 1. The van der Waals surface area contributed by atoms with Crippen molar-refractivity contribution in [1.82, 2.24) is 15.0 Å². The number of fused-ring (bicyclic) bond motifs is 1. The lowest BCUT2D eigenvalue weighted by molar-refractivity contribution is -0.152. The zero-order valence-electron chi connectivity index (χ0n) is 14.7. The highest BCUT2D eigenvalue weighted by molar-refractivity contribution is 5.85. The molecule has 0 aromatic carbocycles. The van der Waals surface area contributed by atoms with Crippen LogP contribution in [0, 0.1) is 18.3 Å². The Balaban J connectivity index is 0.00000196. The number of pyridine rings is 1. The first-order valence-electron chi connectivity index (χ1n) is 8.29. The molecule has 4 rings (SSSR count). The first-order valence-corrected chi connectivity index (χ1v) is 8.29. The van der Waals surface area contributed by atoms with Gasteiger partial charge in [0, 0.05) is 48.7 Å². The molecule has 0 saturated carbocycles. The minimum absolute atomic E-state index is 0. The van der Waals surface area contributed by atoms with Crippen molar-refractivity contribution in [2.45, 2.75) is 6.92 Å². The van der Waals surface area contributed by atoms with Crippen LogP contribution in [0.25, 0.3) is 11.4 Å². The van der Waals surface area contributed by atoms with Gasteiger partial charge in [-0.2, -0.15) is 0 Å². The molecule has 2 aliphatic heterocycles. The molecule has 0 bridgehead atoms. The smallest absolute Gasteiger partial charge is 0.316 e. The number of esters is 1. The number of ether oxygens (including phenoxy) is 2. The van der Waals surface area contributed by atoms with Crippen LogP contribution in [0.5, 0.6) is 0 Å². The van der Waals surface area contributed by atoms with Gasteiger partial charge >= 0.3 is 5.97 Å². The van der Waals surface area contributed by atoms with Crippen LogP contribution >= 0.6 is 12.4 Å². The lowest BCUT2D eigenvalue weighted by Crippen LogP contribution is -2.40. The molecule has 2 atom stereocenters. The Morgan fingerprint density at radius 2 is 2.27 bits per heavy atom. The molecule has 7 nitrogen and oxygen atoms in total. The van der Waals surface area contributed by atoms with Crippen LogP contribution in [0.15, 0.2) is 30.6 Å². The fraction of sp³-hybridized carbons (Fsp3) is 0.444. The minimum Gasteiger partial charge on any atom is -0.468 e. The highest BCUT2D eigenvalue weighted by atomic mass is 35.5. The van der Waals surface area contributed by atoms with Crippen LogP contribution in [-0.2, 0) is 14.3 Å². The van der Waals surface area contributed by atoms with Crippen LogP contribution < -0.4 is 4.90 Å². The van der Waals surface area contributed by atoms with Gasteiger partial charge in [0.25, 0.3) is 0 Å². The van der Waals surface area contributed by atoms with Crippen LogP contribution in [0.2, 0.25) is 0 Å². The van der Waals surface area contributed by atoms with Gasteiger partial charge in [0.05, 0.1) is 20.3 Å². The summed E-state index contributed by atoms with van der Waals surface area (Å²) in [6.45, 7) is 4.19. The molecule has 0 amide bonds. The first kappa shape index (κ1) is 18.5. The predicted octanol–water partition coefficient (Wildman–Crippen LogP) is 1.89. The lowest BCUT2D eigenvalue weighted by atomic mass is 9.81. The van der Waals surface area contributed by atoms with E-state index < -0.39 is 5.41 Å². The van der Waals surface area contributed by atoms with Crippen LogP contribution in [0.3, 0.4) is 0 Å². The van der Waals surface area contributed by atoms with Gasteiger partial charge in [0.1, 0.15) is 11.2 Å². The molecule has 138 valence electrons. The molecule has 0 unspecified atom stereocenters. The largest absolute Gasteiger partial charge is 0.468 e. The van der Waals surface area contributed by atoms with Crippen molar-refractivity contribution in [3.63, 3.8) is 0 Å². The maximum absolute atomic E-state index is 12.4. The fourth-order valence-corrected chi connectivity index (χ4v) is 3.74. The third kappa shape index (κ3) is 3.01. The molecule has 0 aliphatic carbocycles. The van der Waals surface area contributed by atoms with Gasteiger partial charge in [-0.15, -0.1) is 12.4 Å². The van der Waals surface area contributed by atoms with Crippen LogP contribution in [-0.4, -0.2) is 54.3 Å². The number of nitrogens with zero attached hydrogens (tertiary/aromatic N) is 4. The summed E-state index contributed by atoms with van der Waals surface area (Å²) in [6.07, 6.45) is 3.48. The summed E-state index contributed by atoms with van der Waals surface area (Å²) in [5, 5.41) is 0. The number of aromatic nitrogens is 3. The third-order valence-corrected chi connectivity index (χ3v) is 5.05. The van der Waals surface area contributed by atoms with E-state index in [0.29, 0.717) is 25.6 Å². The number of halogens is 1. The van der Waals surface area contributed by atoms with Crippen LogP contribution in [0.1, 0.15) is 5.69 Å². The van der Waals surface area contributed by atoms with Crippen LogP contribution in [0.4, 0.5) is 5.82 Å². The van der Waals surface area contributed by atoms with Gasteiger partial charge in [-0.05, 0) is 19.1 Å². The molecule has 4 heterocycles. The van der Waals surface area contributed by atoms with E-state index in [4.69, 9.17) is 14.5 Å². The van der Waals surface area contributed by atoms with Gasteiger partial charge in [-0.25, -0.2) is 9.97 Å². The van der Waals surface area contributed by atoms with Crippen molar-refractivity contribution < 1.29 is 14.3 Å². The predicted molar refractivity (Wildman–Crippen MR) is 98.2 cm³/mol. The fourth-order valence-electron chi connectivity index (χ4n) is 3.74. The molecule has 2 aliphatic rings. The Bertz CT molecular complexity index is 804. The number of anilines is 1. The van der Waals surface area contributed by atoms with Crippen molar-refractivity contribution in [3.05, 3.63) is 36.3 Å². The molecular weight excluding hydrogens is 356 g/mol. The second kappa shape index (κ2) is 7.17. The van der Waals surface area contributed by atoms with E-state index in [1.54, 1.807) is 12.4 Å². The molecule has 2 saturated heterocycles. The normalized spacial score (nSPS) is 24.1. The number of aryl methyl sites for hydroxylation is 1. The summed E-state index contributed by atoms with van der Waals surface area (Å²) in [5.74, 6) is 1.39. The Hall–Kier alpha value is -2.25. The number of hydrogen-bond donors (Lipinski definition) is 0. The van der Waals surface area contributed by atoms with E-state index in [1.165, 1.54) is 7.11 Å². The molecule has 0 spiro atoms. The second-order valence-electron chi connectivity index (χ2n) is 6.67. The SMILES string of the molecule is COC(=O)[C@@]12COC[C@@H]1CN(c1cc(C)nc(-c3cccnc3)n1)C2.Cl. The highest BCUT2D eigenvalue weighted by Crippen LogP contribution is 2.43. The van der Waals surface area contributed by atoms with Gasteiger partial charge in [-0.1, -0.05) is 0 Å². The van der Waals surface area contributed by atoms with E-state index >= 15 is 0 Å². The average Bonchev–Trinajstić information content (AvgIpc) is 3.19. The molecule has 8 heteroatoms. The van der Waals surface area contributed by atoms with Crippen molar-refractivity contribution in [3.8, 4) is 11.4 Å². The number of carbonyl (C=O) groups excluding carboxylic acids is 1. The summed E-state index contributed by atoms with van der Waals surface area (Å²) < 4.78 is 10.6. The van der Waals surface area contributed by atoms with Crippen molar-refractivity contribution in [2.75, 3.05) is 38.3 Å². The molecule has 2 aromatic heterocycles. The topological polar surface area (TPSA) is 77.4 Å². The summed E-state index contributed by atoms with van der Waals surface area (Å²) in [5.41, 5.74) is 1.16. The number of methoxy groups -OCH3 is 1. The van der Waals surface area contributed by atoms with Crippen molar-refractivity contribution in [1.29, 1.82) is 0 Å². The summed E-state index contributed by atoms with van der Waals surface area (Å²) >= 11 is 0. The first-order chi connectivity index (χ1) is 12.1. The highest BCUT2D eigenvalue weighted by Gasteiger charge is 2.57. The monoisotopic (exact) mass is 376 g/mol. The van der Waals surface area contributed by atoms with Gasteiger partial charge in [0.2, 0.25) is 0 Å². The zero-order chi connectivity index (χ0) is 17.4. The molecule has 2 fully saturated rings. The van der Waals surface area contributed by atoms with Crippen molar-refractivity contribution >= 4 is 24.2 Å². The van der Waals surface area contributed by atoms with Crippen molar-refractivity contribution in [2.24, 2.45) is 11.3 Å². The summed E-state index contributed by atoms with van der Waals surface area (Å²) in [7, 11) is 1.43. The Labute approximate surface area is 158 Å². The quantitative estimate of drug-likeness (QED) is 0.757. The second-order valence-corrected chi connectivity index (χ2v) is 6.67. The number of hydrogen-bond acceptors (Lipinski definition) is 7. The Morgan fingerprint density at radius 3 is 3.00 bits per heavy atom. The third-order valence-electron chi connectivity index (χ3n) is 5.05. The zero-order valence-corrected chi connectivity index (χ0v) is 15.5. The minimum atomic E-state index is -0.595. The van der Waals surface area contributed by atoms with E-state index in [1.807, 2.05) is 25.1 Å². The van der Waals surface area contributed by atoms with E-state index in [-0.39, 0.29) is 24.3 Å². The van der Waals surface area contributed by atoms with E-state index in [0.717, 1.165) is 23.6 Å². The van der Waals surface area contributed by atoms with E-state index in [2.05, 4.69) is 14.9 Å². The molecule has 0 N–H and O–H groups in total. The summed E-state index contributed by atoms with van der Waals surface area (Å²) in [6, 6.07) is 5.76. The number of rotatable bonds is 3. The molecule has 26 heavy (non-hydrogen) atoms. The maximum atomic E-state index is 12.4. The van der Waals surface area contributed by atoms with Gasteiger partial charge in [-0.3, -0.25) is 9.78 Å². The lowest BCUT2D eigenvalue weighted by Gasteiger charge is -2.24. The Kier molecular flexibility index (Phi) is 5.11. The average molecular weight is 377 g/mol. The molecule has 2 aromatic rings. The maximum Gasteiger partial charge on any atom is 0.316 e. The Morgan fingerprint density at radius 1 is 1.42 bits per heavy atom. The molecule has 0 radical (unpaired) electrons. The molecular formula is C18H21ClN4O3. The standard InChI is InChI=1S/C18H20N4O3.ClH/c1-12-6-15(21-16(20-12)13-4-3-5-19-7-13)22-8-14-9-25-11-18(14,10-22)17(23)24-2;/h3-7,14H,8-11H2,1-2H3;1H/t14-,18-;/m0./s1. The van der Waals surface area contributed by atoms with Gasteiger partial charge < -0.3 is 14.4 Å². The van der Waals surface area contributed by atoms with Gasteiger partial charge in [0.15, 0.2) is 5.82 Å². The summed E-state index contributed by atoms with van der Waals surface area (Å²) in [4.78, 5) is 27.9. The van der Waals surface area contributed by atoms with E-state index in [9.17, 15) is 4.79 Å².